The lowest BCUT2D eigenvalue weighted by molar-refractivity contribution is 0.139. The smallest absolute Gasteiger partial charge is 0.161 e. The molecule has 2 nitrogen and oxygen atoms in total. The summed E-state index contributed by atoms with van der Waals surface area (Å²) in [5.74, 6) is -3.39. The molecule has 0 bridgehead atoms. The minimum Gasteiger partial charge on any atom is -0.391 e. The van der Waals surface area contributed by atoms with Gasteiger partial charge in [0, 0.05) is 11.6 Å². The highest BCUT2D eigenvalue weighted by molar-refractivity contribution is 5.85. The van der Waals surface area contributed by atoms with E-state index in [9.17, 15) is 18.3 Å². The lowest BCUT2D eigenvalue weighted by Crippen LogP contribution is -2.26. The second-order valence-corrected chi connectivity index (χ2v) is 3.29. The first-order valence-electron chi connectivity index (χ1n) is 4.55. The first kappa shape index (κ1) is 15.2. The lowest BCUT2D eigenvalue weighted by Gasteiger charge is -2.18. The maximum absolute atomic E-state index is 13.2. The SMILES string of the molecule is CC[C@H](O)[C@H](N)c1cc(F)c(F)cc1F.Cl. The summed E-state index contributed by atoms with van der Waals surface area (Å²) in [6, 6.07) is 0.0475. The number of nitrogens with two attached hydrogens (primary N) is 1. The predicted molar refractivity (Wildman–Crippen MR) is 56.8 cm³/mol. The number of hydrogen-bond acceptors (Lipinski definition) is 2. The summed E-state index contributed by atoms with van der Waals surface area (Å²) >= 11 is 0. The predicted octanol–water partition coefficient (Wildman–Crippen LogP) is 2.30. The zero-order chi connectivity index (χ0) is 11.6. The maximum atomic E-state index is 13.2. The van der Waals surface area contributed by atoms with Crippen molar-refractivity contribution in [2.75, 3.05) is 0 Å². The van der Waals surface area contributed by atoms with Crippen molar-refractivity contribution < 1.29 is 18.3 Å². The van der Waals surface area contributed by atoms with Crippen LogP contribution in [-0.2, 0) is 0 Å². The Morgan fingerprint density at radius 3 is 2.19 bits per heavy atom. The van der Waals surface area contributed by atoms with Gasteiger partial charge in [-0.05, 0) is 12.5 Å². The Bertz CT molecular complexity index is 362. The van der Waals surface area contributed by atoms with E-state index in [0.29, 0.717) is 18.6 Å². The number of aliphatic hydroxyl groups is 1. The van der Waals surface area contributed by atoms with Crippen molar-refractivity contribution in [3.8, 4) is 0 Å². The monoisotopic (exact) mass is 255 g/mol. The van der Waals surface area contributed by atoms with E-state index in [1.54, 1.807) is 6.92 Å². The van der Waals surface area contributed by atoms with Crippen LogP contribution in [0.25, 0.3) is 0 Å². The molecule has 1 aromatic carbocycles. The third-order valence-electron chi connectivity index (χ3n) is 2.23. The summed E-state index contributed by atoms with van der Waals surface area (Å²) in [5, 5.41) is 9.36. The quantitative estimate of drug-likeness (QED) is 0.814. The summed E-state index contributed by atoms with van der Waals surface area (Å²) in [7, 11) is 0. The molecular formula is C10H13ClF3NO. The zero-order valence-electron chi connectivity index (χ0n) is 8.58. The lowest BCUT2D eigenvalue weighted by atomic mass is 10.00. The van der Waals surface area contributed by atoms with Crippen LogP contribution < -0.4 is 5.73 Å². The van der Waals surface area contributed by atoms with Crippen molar-refractivity contribution in [1.82, 2.24) is 0 Å². The minimum absolute atomic E-state index is 0. The van der Waals surface area contributed by atoms with Crippen molar-refractivity contribution >= 4 is 12.4 Å². The van der Waals surface area contributed by atoms with Gasteiger partial charge in [-0.15, -0.1) is 12.4 Å². The fourth-order valence-corrected chi connectivity index (χ4v) is 1.25. The van der Waals surface area contributed by atoms with Gasteiger partial charge in [-0.3, -0.25) is 0 Å². The molecule has 6 heteroatoms. The zero-order valence-corrected chi connectivity index (χ0v) is 9.40. The van der Waals surface area contributed by atoms with Crippen molar-refractivity contribution in [3.63, 3.8) is 0 Å². The highest BCUT2D eigenvalue weighted by atomic mass is 35.5. The first-order valence-corrected chi connectivity index (χ1v) is 4.55. The Kier molecular flexibility index (Phi) is 5.78. The van der Waals surface area contributed by atoms with Gasteiger partial charge in [0.1, 0.15) is 5.82 Å². The Hall–Kier alpha value is -0.780. The van der Waals surface area contributed by atoms with E-state index in [2.05, 4.69) is 0 Å². The van der Waals surface area contributed by atoms with Gasteiger partial charge < -0.3 is 10.8 Å². The third kappa shape index (κ3) is 3.10. The van der Waals surface area contributed by atoms with E-state index in [1.807, 2.05) is 0 Å². The molecule has 0 aliphatic carbocycles. The standard InChI is InChI=1S/C10H12F3NO.ClH/c1-2-9(15)10(14)5-3-7(12)8(13)4-6(5)11;/h3-4,9-10,15H,2,14H2,1H3;1H/t9-,10+;/m0./s1. The number of benzene rings is 1. The summed E-state index contributed by atoms with van der Waals surface area (Å²) in [6.45, 7) is 1.66. The molecule has 3 N–H and O–H groups in total. The number of rotatable bonds is 3. The second kappa shape index (κ2) is 6.08. The molecule has 0 heterocycles. The molecule has 0 aliphatic heterocycles. The Morgan fingerprint density at radius 1 is 1.19 bits per heavy atom. The number of halogens is 4. The van der Waals surface area contributed by atoms with E-state index >= 15 is 0 Å². The molecule has 0 aromatic heterocycles. The van der Waals surface area contributed by atoms with Crippen LogP contribution in [0.5, 0.6) is 0 Å². The molecule has 16 heavy (non-hydrogen) atoms. The fraction of sp³-hybridized carbons (Fsp3) is 0.400. The van der Waals surface area contributed by atoms with Crippen LogP contribution >= 0.6 is 12.4 Å². The summed E-state index contributed by atoms with van der Waals surface area (Å²) in [5.41, 5.74) is 5.27. The highest BCUT2D eigenvalue weighted by Gasteiger charge is 2.20. The molecule has 0 saturated carbocycles. The molecule has 0 radical (unpaired) electrons. The molecule has 0 spiro atoms. The van der Waals surface area contributed by atoms with Gasteiger partial charge in [-0.1, -0.05) is 6.92 Å². The second-order valence-electron chi connectivity index (χ2n) is 3.29. The molecule has 0 unspecified atom stereocenters. The molecule has 0 amide bonds. The number of aliphatic hydroxyl groups excluding tert-OH is 1. The van der Waals surface area contributed by atoms with Crippen LogP contribution in [0.1, 0.15) is 24.9 Å². The Balaban J connectivity index is 0.00000225. The molecule has 0 fully saturated rings. The molecule has 1 rings (SSSR count). The largest absolute Gasteiger partial charge is 0.391 e. The van der Waals surface area contributed by atoms with Gasteiger partial charge in [0.25, 0.3) is 0 Å². The van der Waals surface area contributed by atoms with Crippen molar-refractivity contribution in [1.29, 1.82) is 0 Å². The van der Waals surface area contributed by atoms with Crippen LogP contribution in [0.15, 0.2) is 12.1 Å². The summed E-state index contributed by atoms with van der Waals surface area (Å²) in [6.07, 6.45) is -0.677. The minimum atomic E-state index is -1.27. The fourth-order valence-electron chi connectivity index (χ4n) is 1.25. The molecule has 1 aromatic rings. The van der Waals surface area contributed by atoms with Crippen molar-refractivity contribution in [3.05, 3.63) is 35.1 Å². The Labute approximate surface area is 97.7 Å². The van der Waals surface area contributed by atoms with Crippen molar-refractivity contribution in [2.45, 2.75) is 25.5 Å². The number of hydrogen-bond donors (Lipinski definition) is 2. The van der Waals surface area contributed by atoms with Gasteiger partial charge in [0.15, 0.2) is 11.6 Å². The highest BCUT2D eigenvalue weighted by Crippen LogP contribution is 2.22. The molecule has 0 aliphatic rings. The molecule has 92 valence electrons. The van der Waals surface area contributed by atoms with Crippen LogP contribution in [0, 0.1) is 17.5 Å². The van der Waals surface area contributed by atoms with Gasteiger partial charge in [-0.25, -0.2) is 13.2 Å². The van der Waals surface area contributed by atoms with Crippen molar-refractivity contribution in [2.24, 2.45) is 5.73 Å². The van der Waals surface area contributed by atoms with Gasteiger partial charge >= 0.3 is 0 Å². The summed E-state index contributed by atoms with van der Waals surface area (Å²) < 4.78 is 38.6. The molecule has 0 saturated heterocycles. The van der Waals surface area contributed by atoms with Gasteiger partial charge in [0.05, 0.1) is 12.1 Å². The van der Waals surface area contributed by atoms with E-state index in [4.69, 9.17) is 5.73 Å². The molecular weight excluding hydrogens is 243 g/mol. The van der Waals surface area contributed by atoms with Crippen LogP contribution in [-0.4, -0.2) is 11.2 Å². The molecule has 2 atom stereocenters. The van der Waals surface area contributed by atoms with Crippen LogP contribution in [0.4, 0.5) is 13.2 Å². The average molecular weight is 256 g/mol. The van der Waals surface area contributed by atoms with Gasteiger partial charge in [-0.2, -0.15) is 0 Å². The Morgan fingerprint density at radius 2 is 1.69 bits per heavy atom. The van der Waals surface area contributed by atoms with E-state index < -0.39 is 29.6 Å². The maximum Gasteiger partial charge on any atom is 0.161 e. The van der Waals surface area contributed by atoms with Gasteiger partial charge in [0.2, 0.25) is 0 Å². The van der Waals surface area contributed by atoms with E-state index in [0.717, 1.165) is 0 Å². The summed E-state index contributed by atoms with van der Waals surface area (Å²) in [4.78, 5) is 0. The van der Waals surface area contributed by atoms with E-state index in [-0.39, 0.29) is 18.0 Å². The van der Waals surface area contributed by atoms with Crippen LogP contribution in [0.2, 0.25) is 0 Å². The average Bonchev–Trinajstić information content (AvgIpc) is 2.21. The normalized spacial score (nSPS) is 14.1. The first-order chi connectivity index (χ1) is 6.97. The third-order valence-corrected chi connectivity index (χ3v) is 2.23. The topological polar surface area (TPSA) is 46.2 Å². The van der Waals surface area contributed by atoms with Crippen LogP contribution in [0.3, 0.4) is 0 Å². The van der Waals surface area contributed by atoms with E-state index in [1.165, 1.54) is 0 Å².